The molecule has 0 amide bonds. The molecule has 1 nitrogen and oxygen atoms in total. The van der Waals surface area contributed by atoms with Crippen molar-refractivity contribution in [3.8, 4) is 0 Å². The highest BCUT2D eigenvalue weighted by atomic mass is 14.7. The highest BCUT2D eigenvalue weighted by Gasteiger charge is 2.17. The third kappa shape index (κ3) is 1.50. The summed E-state index contributed by atoms with van der Waals surface area (Å²) in [7, 11) is 0. The topological polar surface area (TPSA) is 12.9 Å². The number of hydrogen-bond acceptors (Lipinski definition) is 1. The second-order valence-electron chi connectivity index (χ2n) is 3.74. The Morgan fingerprint density at radius 3 is 2.75 bits per heavy atom. The average Bonchev–Trinajstić information content (AvgIpc) is 2.56. The molecule has 0 unspecified atom stereocenters. The van der Waals surface area contributed by atoms with Crippen LogP contribution in [0.25, 0.3) is 0 Å². The Hall–Kier alpha value is -0.850. The molecule has 1 saturated carbocycles. The van der Waals surface area contributed by atoms with Crippen molar-refractivity contribution in [2.45, 2.75) is 38.5 Å². The fourth-order valence-electron chi connectivity index (χ4n) is 2.00. The molecular formula is C11H15N. The van der Waals surface area contributed by atoms with Crippen molar-refractivity contribution in [3.05, 3.63) is 29.6 Å². The number of nitrogens with zero attached hydrogens (tertiary/aromatic N) is 1. The minimum Gasteiger partial charge on any atom is -0.261 e. The highest BCUT2D eigenvalue weighted by molar-refractivity contribution is 5.18. The molecule has 1 aromatic rings. The van der Waals surface area contributed by atoms with Crippen LogP contribution < -0.4 is 0 Å². The normalized spacial score (nSPS) is 18.4. The van der Waals surface area contributed by atoms with Crippen LogP contribution in [0, 0.1) is 6.92 Å². The molecule has 0 radical (unpaired) electrons. The summed E-state index contributed by atoms with van der Waals surface area (Å²) in [6.45, 7) is 2.14. The third-order valence-corrected chi connectivity index (χ3v) is 2.71. The second-order valence-corrected chi connectivity index (χ2v) is 3.74. The molecular weight excluding hydrogens is 146 g/mol. The van der Waals surface area contributed by atoms with Gasteiger partial charge in [0.05, 0.1) is 0 Å². The molecule has 0 atom stereocenters. The summed E-state index contributed by atoms with van der Waals surface area (Å²) >= 11 is 0. The molecule has 1 aromatic heterocycles. The number of rotatable bonds is 1. The summed E-state index contributed by atoms with van der Waals surface area (Å²) in [6.07, 6.45) is 7.40. The quantitative estimate of drug-likeness (QED) is 0.617. The molecule has 0 spiro atoms. The zero-order valence-corrected chi connectivity index (χ0v) is 7.59. The Morgan fingerprint density at radius 2 is 2.08 bits per heavy atom. The summed E-state index contributed by atoms with van der Waals surface area (Å²) in [5.41, 5.74) is 2.65. The second kappa shape index (κ2) is 3.26. The lowest BCUT2D eigenvalue weighted by atomic mass is 10.0. The van der Waals surface area contributed by atoms with E-state index in [4.69, 9.17) is 0 Å². The first-order chi connectivity index (χ1) is 5.86. The van der Waals surface area contributed by atoms with Crippen LogP contribution in [-0.2, 0) is 0 Å². The molecule has 1 aliphatic carbocycles. The number of aryl methyl sites for hydroxylation is 1. The van der Waals surface area contributed by atoms with E-state index in [-0.39, 0.29) is 0 Å². The summed E-state index contributed by atoms with van der Waals surface area (Å²) in [4.78, 5) is 4.42. The Bertz CT molecular complexity index is 261. The lowest BCUT2D eigenvalue weighted by molar-refractivity contribution is 0.696. The van der Waals surface area contributed by atoms with Crippen molar-refractivity contribution in [2.24, 2.45) is 0 Å². The molecule has 1 fully saturated rings. The fraction of sp³-hybridized carbons (Fsp3) is 0.545. The van der Waals surface area contributed by atoms with E-state index in [1.165, 1.54) is 36.9 Å². The van der Waals surface area contributed by atoms with Gasteiger partial charge in [-0.15, -0.1) is 0 Å². The van der Waals surface area contributed by atoms with Gasteiger partial charge in [0.15, 0.2) is 0 Å². The minimum atomic E-state index is 0.755. The number of aromatic nitrogens is 1. The lowest BCUT2D eigenvalue weighted by Gasteiger charge is -2.07. The molecule has 0 N–H and O–H groups in total. The van der Waals surface area contributed by atoms with Gasteiger partial charge >= 0.3 is 0 Å². The molecule has 1 aliphatic rings. The Labute approximate surface area is 73.8 Å². The molecule has 0 aromatic carbocycles. The van der Waals surface area contributed by atoms with Crippen molar-refractivity contribution in [3.63, 3.8) is 0 Å². The maximum absolute atomic E-state index is 4.42. The van der Waals surface area contributed by atoms with Crippen molar-refractivity contribution < 1.29 is 0 Å². The Balaban J connectivity index is 2.21. The summed E-state index contributed by atoms with van der Waals surface area (Å²) < 4.78 is 0. The SMILES string of the molecule is Cc1ccnc(C2CCCC2)c1. The molecule has 64 valence electrons. The van der Waals surface area contributed by atoms with Crippen LogP contribution in [0.2, 0.25) is 0 Å². The smallest absolute Gasteiger partial charge is 0.0437 e. The first-order valence-corrected chi connectivity index (χ1v) is 4.79. The Kier molecular flexibility index (Phi) is 2.11. The van der Waals surface area contributed by atoms with Gasteiger partial charge in [0.25, 0.3) is 0 Å². The van der Waals surface area contributed by atoms with Crippen LogP contribution in [0.3, 0.4) is 0 Å². The van der Waals surface area contributed by atoms with Crippen LogP contribution in [0.5, 0.6) is 0 Å². The van der Waals surface area contributed by atoms with Crippen molar-refractivity contribution in [1.82, 2.24) is 4.98 Å². The maximum atomic E-state index is 4.42. The highest BCUT2D eigenvalue weighted by Crippen LogP contribution is 2.32. The minimum absolute atomic E-state index is 0.755. The average molecular weight is 161 g/mol. The molecule has 0 aliphatic heterocycles. The van der Waals surface area contributed by atoms with Gasteiger partial charge in [-0.25, -0.2) is 0 Å². The molecule has 0 saturated heterocycles. The number of hydrogen-bond donors (Lipinski definition) is 0. The first-order valence-electron chi connectivity index (χ1n) is 4.79. The van der Waals surface area contributed by atoms with E-state index in [9.17, 15) is 0 Å². The summed E-state index contributed by atoms with van der Waals surface area (Å²) in [5.74, 6) is 0.755. The molecule has 2 rings (SSSR count). The fourth-order valence-corrected chi connectivity index (χ4v) is 2.00. The molecule has 12 heavy (non-hydrogen) atoms. The van der Waals surface area contributed by atoms with Gasteiger partial charge in [-0.05, 0) is 37.5 Å². The predicted molar refractivity (Wildman–Crippen MR) is 50.2 cm³/mol. The van der Waals surface area contributed by atoms with Crippen LogP contribution >= 0.6 is 0 Å². The van der Waals surface area contributed by atoms with Gasteiger partial charge in [0.1, 0.15) is 0 Å². The maximum Gasteiger partial charge on any atom is 0.0437 e. The van der Waals surface area contributed by atoms with E-state index in [1.54, 1.807) is 0 Å². The van der Waals surface area contributed by atoms with Gasteiger partial charge in [0, 0.05) is 17.8 Å². The van der Waals surface area contributed by atoms with Gasteiger partial charge in [-0.2, -0.15) is 0 Å². The van der Waals surface area contributed by atoms with Gasteiger partial charge in [0.2, 0.25) is 0 Å². The van der Waals surface area contributed by atoms with E-state index in [0.29, 0.717) is 0 Å². The zero-order chi connectivity index (χ0) is 8.39. The lowest BCUT2D eigenvalue weighted by Crippen LogP contribution is -1.95. The van der Waals surface area contributed by atoms with Crippen molar-refractivity contribution >= 4 is 0 Å². The molecule has 1 heterocycles. The standard InChI is InChI=1S/C11H15N/c1-9-6-7-12-11(8-9)10-4-2-3-5-10/h6-8,10H,2-5H2,1H3. The van der Waals surface area contributed by atoms with E-state index < -0.39 is 0 Å². The Morgan fingerprint density at radius 1 is 1.33 bits per heavy atom. The van der Waals surface area contributed by atoms with Crippen molar-refractivity contribution in [1.29, 1.82) is 0 Å². The van der Waals surface area contributed by atoms with Gasteiger partial charge < -0.3 is 0 Å². The van der Waals surface area contributed by atoms with E-state index in [0.717, 1.165) is 5.92 Å². The van der Waals surface area contributed by atoms with Gasteiger partial charge in [-0.1, -0.05) is 12.8 Å². The van der Waals surface area contributed by atoms with Crippen LogP contribution in [0.15, 0.2) is 18.3 Å². The molecule has 0 bridgehead atoms. The van der Waals surface area contributed by atoms with Crippen LogP contribution in [-0.4, -0.2) is 4.98 Å². The first kappa shape index (κ1) is 7.78. The summed E-state index contributed by atoms with van der Waals surface area (Å²) in [5, 5.41) is 0. The van der Waals surface area contributed by atoms with Crippen LogP contribution in [0.1, 0.15) is 42.9 Å². The monoisotopic (exact) mass is 161 g/mol. The zero-order valence-electron chi connectivity index (χ0n) is 7.59. The van der Waals surface area contributed by atoms with E-state index in [2.05, 4.69) is 24.0 Å². The largest absolute Gasteiger partial charge is 0.261 e. The van der Waals surface area contributed by atoms with Crippen molar-refractivity contribution in [2.75, 3.05) is 0 Å². The molecule has 1 heteroatoms. The van der Waals surface area contributed by atoms with Gasteiger partial charge in [-0.3, -0.25) is 4.98 Å². The number of pyridine rings is 1. The third-order valence-electron chi connectivity index (χ3n) is 2.71. The van der Waals surface area contributed by atoms with E-state index in [1.807, 2.05) is 6.20 Å². The van der Waals surface area contributed by atoms with E-state index >= 15 is 0 Å². The summed E-state index contributed by atoms with van der Waals surface area (Å²) in [6, 6.07) is 4.30. The van der Waals surface area contributed by atoms with Crippen LogP contribution in [0.4, 0.5) is 0 Å². The predicted octanol–water partition coefficient (Wildman–Crippen LogP) is 3.05.